The number of hydrogen-bond acceptors (Lipinski definition) is 2. The Hall–Kier alpha value is -0.860. The Morgan fingerprint density at radius 2 is 2.12 bits per heavy atom. The standard InChI is InChI=1S/C15H23NO/c1-13(17)7-8-15-9-10-16(12-15)11-14-5-3-2-4-6-14/h2-6,13,15,17H,7-12H2,1H3. The first-order valence-electron chi connectivity index (χ1n) is 6.68. The molecular weight excluding hydrogens is 210 g/mol. The molecule has 0 bridgehead atoms. The molecule has 0 aliphatic carbocycles. The maximum Gasteiger partial charge on any atom is 0.0512 e. The monoisotopic (exact) mass is 233 g/mol. The van der Waals surface area contributed by atoms with Gasteiger partial charge in [-0.1, -0.05) is 30.3 Å². The molecule has 0 saturated carbocycles. The van der Waals surface area contributed by atoms with E-state index in [1.807, 2.05) is 6.92 Å². The van der Waals surface area contributed by atoms with E-state index in [1.54, 1.807) is 0 Å². The van der Waals surface area contributed by atoms with E-state index in [0.717, 1.165) is 18.9 Å². The molecule has 2 rings (SSSR count). The van der Waals surface area contributed by atoms with E-state index in [1.165, 1.54) is 31.5 Å². The van der Waals surface area contributed by atoms with Gasteiger partial charge in [0.05, 0.1) is 6.10 Å². The minimum atomic E-state index is -0.141. The van der Waals surface area contributed by atoms with Gasteiger partial charge in [-0.3, -0.25) is 4.90 Å². The maximum atomic E-state index is 9.30. The summed E-state index contributed by atoms with van der Waals surface area (Å²) in [6.07, 6.45) is 3.27. The smallest absolute Gasteiger partial charge is 0.0512 e. The third kappa shape index (κ3) is 4.14. The lowest BCUT2D eigenvalue weighted by Gasteiger charge is -2.16. The molecule has 2 unspecified atom stereocenters. The van der Waals surface area contributed by atoms with Gasteiger partial charge in [-0.15, -0.1) is 0 Å². The second-order valence-corrected chi connectivity index (χ2v) is 5.30. The molecule has 1 saturated heterocycles. The van der Waals surface area contributed by atoms with E-state index in [2.05, 4.69) is 35.2 Å². The molecule has 1 fully saturated rings. The zero-order valence-electron chi connectivity index (χ0n) is 10.7. The van der Waals surface area contributed by atoms with Crippen LogP contribution in [0.4, 0.5) is 0 Å². The summed E-state index contributed by atoms with van der Waals surface area (Å²) < 4.78 is 0. The molecule has 1 aliphatic heterocycles. The maximum absolute atomic E-state index is 9.30. The average Bonchev–Trinajstić information content (AvgIpc) is 2.75. The van der Waals surface area contributed by atoms with Crippen LogP contribution in [-0.4, -0.2) is 29.2 Å². The molecule has 2 heteroatoms. The number of benzene rings is 1. The van der Waals surface area contributed by atoms with E-state index in [-0.39, 0.29) is 6.10 Å². The van der Waals surface area contributed by atoms with Crippen LogP contribution in [0.2, 0.25) is 0 Å². The SMILES string of the molecule is CC(O)CCC1CCN(Cc2ccccc2)C1. The van der Waals surface area contributed by atoms with Gasteiger partial charge < -0.3 is 5.11 Å². The zero-order chi connectivity index (χ0) is 12.1. The van der Waals surface area contributed by atoms with Crippen molar-refractivity contribution >= 4 is 0 Å². The van der Waals surface area contributed by atoms with Gasteiger partial charge in [0, 0.05) is 13.1 Å². The molecule has 1 aromatic carbocycles. The van der Waals surface area contributed by atoms with Crippen LogP contribution in [0.1, 0.15) is 31.7 Å². The van der Waals surface area contributed by atoms with Crippen molar-refractivity contribution in [2.24, 2.45) is 5.92 Å². The van der Waals surface area contributed by atoms with E-state index in [9.17, 15) is 5.11 Å². The van der Waals surface area contributed by atoms with Gasteiger partial charge in [0.25, 0.3) is 0 Å². The van der Waals surface area contributed by atoms with Crippen molar-refractivity contribution in [3.63, 3.8) is 0 Å². The van der Waals surface area contributed by atoms with Crippen LogP contribution in [0.15, 0.2) is 30.3 Å². The van der Waals surface area contributed by atoms with Crippen molar-refractivity contribution in [1.29, 1.82) is 0 Å². The van der Waals surface area contributed by atoms with Gasteiger partial charge in [0.15, 0.2) is 0 Å². The van der Waals surface area contributed by atoms with Crippen molar-refractivity contribution in [3.05, 3.63) is 35.9 Å². The summed E-state index contributed by atoms with van der Waals surface area (Å²) in [5.41, 5.74) is 1.41. The lowest BCUT2D eigenvalue weighted by molar-refractivity contribution is 0.173. The summed E-state index contributed by atoms with van der Waals surface area (Å²) in [7, 11) is 0. The highest BCUT2D eigenvalue weighted by Gasteiger charge is 2.22. The van der Waals surface area contributed by atoms with E-state index < -0.39 is 0 Å². The summed E-state index contributed by atoms with van der Waals surface area (Å²) in [5.74, 6) is 0.785. The Labute approximate surface area is 104 Å². The highest BCUT2D eigenvalue weighted by atomic mass is 16.3. The summed E-state index contributed by atoms with van der Waals surface area (Å²) in [6.45, 7) is 5.36. The van der Waals surface area contributed by atoms with Crippen LogP contribution in [0.3, 0.4) is 0 Å². The quantitative estimate of drug-likeness (QED) is 0.845. The number of rotatable bonds is 5. The molecule has 17 heavy (non-hydrogen) atoms. The summed E-state index contributed by atoms with van der Waals surface area (Å²) in [4.78, 5) is 2.53. The van der Waals surface area contributed by atoms with Gasteiger partial charge in [0.1, 0.15) is 0 Å². The Balaban J connectivity index is 1.74. The first-order valence-corrected chi connectivity index (χ1v) is 6.68. The molecule has 1 N–H and O–H groups in total. The van der Waals surface area contributed by atoms with Crippen molar-refractivity contribution in [2.75, 3.05) is 13.1 Å². The first-order chi connectivity index (χ1) is 8.24. The predicted octanol–water partition coefficient (Wildman–Crippen LogP) is 2.67. The van der Waals surface area contributed by atoms with E-state index >= 15 is 0 Å². The Bertz CT molecular complexity index is 323. The van der Waals surface area contributed by atoms with Crippen LogP contribution < -0.4 is 0 Å². The molecule has 0 aromatic heterocycles. The van der Waals surface area contributed by atoms with Crippen LogP contribution >= 0.6 is 0 Å². The minimum absolute atomic E-state index is 0.141. The molecule has 1 aliphatic rings. The molecule has 0 spiro atoms. The molecule has 0 amide bonds. The number of likely N-dealkylation sites (tertiary alicyclic amines) is 1. The van der Waals surface area contributed by atoms with E-state index in [4.69, 9.17) is 0 Å². The van der Waals surface area contributed by atoms with Gasteiger partial charge >= 0.3 is 0 Å². The van der Waals surface area contributed by atoms with Gasteiger partial charge in [0.2, 0.25) is 0 Å². The molecule has 0 radical (unpaired) electrons. The van der Waals surface area contributed by atoms with Crippen molar-refractivity contribution < 1.29 is 5.11 Å². The van der Waals surface area contributed by atoms with Crippen molar-refractivity contribution in [1.82, 2.24) is 4.90 Å². The van der Waals surface area contributed by atoms with E-state index in [0.29, 0.717) is 0 Å². The fraction of sp³-hybridized carbons (Fsp3) is 0.600. The summed E-state index contributed by atoms with van der Waals surface area (Å²) in [5, 5.41) is 9.30. The largest absolute Gasteiger partial charge is 0.393 e. The number of nitrogens with zero attached hydrogens (tertiary/aromatic N) is 1. The lowest BCUT2D eigenvalue weighted by atomic mass is 10.0. The number of aliphatic hydroxyl groups is 1. The van der Waals surface area contributed by atoms with Crippen molar-refractivity contribution in [3.8, 4) is 0 Å². The first kappa shape index (κ1) is 12.6. The lowest BCUT2D eigenvalue weighted by Crippen LogP contribution is -2.20. The fourth-order valence-corrected chi connectivity index (χ4v) is 2.61. The van der Waals surface area contributed by atoms with Gasteiger partial charge in [-0.05, 0) is 44.2 Å². The summed E-state index contributed by atoms with van der Waals surface area (Å²) >= 11 is 0. The topological polar surface area (TPSA) is 23.5 Å². The molecule has 1 aromatic rings. The summed E-state index contributed by atoms with van der Waals surface area (Å²) in [6, 6.07) is 10.7. The van der Waals surface area contributed by atoms with Crippen LogP contribution in [0, 0.1) is 5.92 Å². The second-order valence-electron chi connectivity index (χ2n) is 5.30. The van der Waals surface area contributed by atoms with Gasteiger partial charge in [-0.25, -0.2) is 0 Å². The fourth-order valence-electron chi connectivity index (χ4n) is 2.61. The highest BCUT2D eigenvalue weighted by Crippen LogP contribution is 2.23. The van der Waals surface area contributed by atoms with Crippen molar-refractivity contribution in [2.45, 2.75) is 38.8 Å². The highest BCUT2D eigenvalue weighted by molar-refractivity contribution is 5.14. The Kier molecular flexibility index (Phi) is 4.57. The molecule has 2 atom stereocenters. The average molecular weight is 233 g/mol. The predicted molar refractivity (Wildman–Crippen MR) is 70.7 cm³/mol. The molecular formula is C15H23NO. The zero-order valence-corrected chi connectivity index (χ0v) is 10.7. The minimum Gasteiger partial charge on any atom is -0.393 e. The third-order valence-electron chi connectivity index (χ3n) is 3.61. The second kappa shape index (κ2) is 6.18. The normalized spacial score (nSPS) is 22.8. The number of aliphatic hydroxyl groups excluding tert-OH is 1. The molecule has 1 heterocycles. The molecule has 94 valence electrons. The van der Waals surface area contributed by atoms with Crippen LogP contribution in [0.5, 0.6) is 0 Å². The van der Waals surface area contributed by atoms with Crippen LogP contribution in [0.25, 0.3) is 0 Å². The van der Waals surface area contributed by atoms with Crippen LogP contribution in [-0.2, 0) is 6.54 Å². The number of hydrogen-bond donors (Lipinski definition) is 1. The Morgan fingerprint density at radius 3 is 2.82 bits per heavy atom. The molecule has 2 nitrogen and oxygen atoms in total. The third-order valence-corrected chi connectivity index (χ3v) is 3.61. The van der Waals surface area contributed by atoms with Gasteiger partial charge in [-0.2, -0.15) is 0 Å². The Morgan fingerprint density at radius 1 is 1.35 bits per heavy atom.